The van der Waals surface area contributed by atoms with E-state index in [4.69, 9.17) is 4.74 Å². The van der Waals surface area contributed by atoms with Gasteiger partial charge in [-0.3, -0.25) is 4.90 Å². The second-order valence-electron chi connectivity index (χ2n) is 6.44. The Morgan fingerprint density at radius 3 is 2.72 bits per heavy atom. The summed E-state index contributed by atoms with van der Waals surface area (Å²) in [6, 6.07) is 5.81. The van der Waals surface area contributed by atoms with Gasteiger partial charge in [0, 0.05) is 37.9 Å². The Kier molecular flexibility index (Phi) is 5.67. The quantitative estimate of drug-likeness (QED) is 0.830. The standard InChI is InChI=1S/C18H22F2N4O/c1-23(2)10-13-6-7-21-18(22-13)17-12-24(8-9-25-17)11-14-15(19)4-3-5-16(14)20/h3-7,17H,8-12H2,1-2H3. The number of aromatic nitrogens is 2. The van der Waals surface area contributed by atoms with Gasteiger partial charge in [-0.1, -0.05) is 6.07 Å². The summed E-state index contributed by atoms with van der Waals surface area (Å²) in [7, 11) is 3.95. The molecule has 0 spiro atoms. The Balaban J connectivity index is 1.71. The highest BCUT2D eigenvalue weighted by atomic mass is 19.1. The van der Waals surface area contributed by atoms with Gasteiger partial charge in [0.15, 0.2) is 5.82 Å². The number of hydrogen-bond acceptors (Lipinski definition) is 5. The molecule has 2 aromatic rings. The van der Waals surface area contributed by atoms with Crippen molar-refractivity contribution in [1.82, 2.24) is 19.8 Å². The largest absolute Gasteiger partial charge is 0.368 e. The highest BCUT2D eigenvalue weighted by Gasteiger charge is 2.25. The van der Waals surface area contributed by atoms with Crippen LogP contribution in [-0.2, 0) is 17.8 Å². The molecule has 0 amide bonds. The Morgan fingerprint density at radius 2 is 2.00 bits per heavy atom. The molecular formula is C18H22F2N4O. The van der Waals surface area contributed by atoms with Crippen molar-refractivity contribution in [1.29, 1.82) is 0 Å². The molecule has 0 radical (unpaired) electrons. The summed E-state index contributed by atoms with van der Waals surface area (Å²) in [5.74, 6) is -0.433. The molecule has 7 heteroatoms. The van der Waals surface area contributed by atoms with Crippen molar-refractivity contribution in [3.05, 3.63) is 59.2 Å². The molecule has 25 heavy (non-hydrogen) atoms. The molecule has 1 fully saturated rings. The van der Waals surface area contributed by atoms with Crippen LogP contribution in [0.15, 0.2) is 30.5 Å². The first-order chi connectivity index (χ1) is 12.0. The van der Waals surface area contributed by atoms with E-state index in [1.165, 1.54) is 18.2 Å². The van der Waals surface area contributed by atoms with Crippen molar-refractivity contribution < 1.29 is 13.5 Å². The Morgan fingerprint density at radius 1 is 1.24 bits per heavy atom. The van der Waals surface area contributed by atoms with Crippen molar-refractivity contribution in [3.8, 4) is 0 Å². The summed E-state index contributed by atoms with van der Waals surface area (Å²) in [4.78, 5) is 12.9. The normalized spacial score (nSPS) is 18.7. The third-order valence-corrected chi connectivity index (χ3v) is 4.09. The van der Waals surface area contributed by atoms with E-state index in [-0.39, 0.29) is 18.2 Å². The minimum atomic E-state index is -0.521. The van der Waals surface area contributed by atoms with E-state index in [2.05, 4.69) is 9.97 Å². The van der Waals surface area contributed by atoms with Crippen LogP contribution in [0.4, 0.5) is 8.78 Å². The van der Waals surface area contributed by atoms with Gasteiger partial charge in [-0.2, -0.15) is 0 Å². The highest BCUT2D eigenvalue weighted by Crippen LogP contribution is 2.22. The molecule has 0 N–H and O–H groups in total. The number of benzene rings is 1. The van der Waals surface area contributed by atoms with Gasteiger partial charge in [0.05, 0.1) is 12.3 Å². The zero-order chi connectivity index (χ0) is 17.8. The van der Waals surface area contributed by atoms with Crippen molar-refractivity contribution in [2.24, 2.45) is 0 Å². The predicted molar refractivity (Wildman–Crippen MR) is 89.8 cm³/mol. The molecule has 0 bridgehead atoms. The van der Waals surface area contributed by atoms with E-state index >= 15 is 0 Å². The van der Waals surface area contributed by atoms with E-state index in [1.807, 2.05) is 30.0 Å². The van der Waals surface area contributed by atoms with Crippen LogP contribution in [0.25, 0.3) is 0 Å². The molecule has 0 saturated carbocycles. The summed E-state index contributed by atoms with van der Waals surface area (Å²) >= 11 is 0. The summed E-state index contributed by atoms with van der Waals surface area (Å²) < 4.78 is 33.5. The van der Waals surface area contributed by atoms with Crippen LogP contribution in [0.1, 0.15) is 23.2 Å². The second-order valence-corrected chi connectivity index (χ2v) is 6.44. The monoisotopic (exact) mass is 348 g/mol. The van der Waals surface area contributed by atoms with Gasteiger partial charge in [-0.05, 0) is 32.3 Å². The first-order valence-electron chi connectivity index (χ1n) is 8.26. The fourth-order valence-corrected chi connectivity index (χ4v) is 2.89. The van der Waals surface area contributed by atoms with E-state index in [1.54, 1.807) is 6.20 Å². The third kappa shape index (κ3) is 4.56. The fourth-order valence-electron chi connectivity index (χ4n) is 2.89. The number of rotatable bonds is 5. The average Bonchev–Trinajstić information content (AvgIpc) is 2.58. The molecule has 5 nitrogen and oxygen atoms in total. The van der Waals surface area contributed by atoms with Gasteiger partial charge in [0.2, 0.25) is 0 Å². The maximum atomic E-state index is 13.9. The van der Waals surface area contributed by atoms with Gasteiger partial charge >= 0.3 is 0 Å². The number of hydrogen-bond donors (Lipinski definition) is 0. The lowest BCUT2D eigenvalue weighted by Gasteiger charge is -2.32. The lowest BCUT2D eigenvalue weighted by Crippen LogP contribution is -2.38. The predicted octanol–water partition coefficient (Wildman–Crippen LogP) is 2.39. The number of morpholine rings is 1. The lowest BCUT2D eigenvalue weighted by molar-refractivity contribution is -0.0379. The maximum absolute atomic E-state index is 13.9. The number of nitrogens with zero attached hydrogens (tertiary/aromatic N) is 4. The van der Waals surface area contributed by atoms with E-state index < -0.39 is 11.6 Å². The number of halogens is 2. The molecule has 1 aromatic carbocycles. The molecule has 1 atom stereocenters. The highest BCUT2D eigenvalue weighted by molar-refractivity contribution is 5.19. The molecule has 0 aliphatic carbocycles. The van der Waals surface area contributed by atoms with E-state index in [0.717, 1.165) is 5.69 Å². The van der Waals surface area contributed by atoms with Crippen LogP contribution in [0.2, 0.25) is 0 Å². The van der Waals surface area contributed by atoms with E-state index in [0.29, 0.717) is 32.1 Å². The second kappa shape index (κ2) is 7.95. The summed E-state index contributed by atoms with van der Waals surface area (Å²) in [6.45, 7) is 2.50. The lowest BCUT2D eigenvalue weighted by atomic mass is 10.1. The molecule has 1 aromatic heterocycles. The van der Waals surface area contributed by atoms with Crippen molar-refractivity contribution in [2.75, 3.05) is 33.8 Å². The minimum absolute atomic E-state index is 0.0884. The molecular weight excluding hydrogens is 326 g/mol. The molecule has 1 unspecified atom stereocenters. The average molecular weight is 348 g/mol. The van der Waals surface area contributed by atoms with Crippen molar-refractivity contribution in [2.45, 2.75) is 19.2 Å². The van der Waals surface area contributed by atoms with Crippen LogP contribution in [0.3, 0.4) is 0 Å². The van der Waals surface area contributed by atoms with Crippen LogP contribution in [0, 0.1) is 11.6 Å². The van der Waals surface area contributed by atoms with Crippen LogP contribution >= 0.6 is 0 Å². The van der Waals surface area contributed by atoms with Crippen molar-refractivity contribution in [3.63, 3.8) is 0 Å². The van der Waals surface area contributed by atoms with Crippen LogP contribution in [0.5, 0.6) is 0 Å². The summed E-state index contributed by atoms with van der Waals surface area (Å²) in [5, 5.41) is 0. The van der Waals surface area contributed by atoms with Gasteiger partial charge in [-0.25, -0.2) is 18.7 Å². The van der Waals surface area contributed by atoms with Crippen molar-refractivity contribution >= 4 is 0 Å². The maximum Gasteiger partial charge on any atom is 0.158 e. The van der Waals surface area contributed by atoms with Gasteiger partial charge < -0.3 is 9.64 Å². The first kappa shape index (κ1) is 17.8. The molecule has 1 aliphatic rings. The minimum Gasteiger partial charge on any atom is -0.368 e. The SMILES string of the molecule is CN(C)Cc1ccnc(C2CN(Cc3c(F)cccc3F)CCO2)n1. The first-order valence-corrected chi connectivity index (χ1v) is 8.26. The zero-order valence-electron chi connectivity index (χ0n) is 14.5. The topological polar surface area (TPSA) is 41.5 Å². The molecule has 1 saturated heterocycles. The zero-order valence-corrected chi connectivity index (χ0v) is 14.5. The van der Waals surface area contributed by atoms with Crippen LogP contribution < -0.4 is 0 Å². The summed E-state index contributed by atoms with van der Waals surface area (Å²) in [6.07, 6.45) is 1.42. The van der Waals surface area contributed by atoms with Crippen LogP contribution in [-0.4, -0.2) is 53.6 Å². The molecule has 134 valence electrons. The molecule has 3 rings (SSSR count). The Hall–Kier alpha value is -1.96. The Labute approximate surface area is 146 Å². The van der Waals surface area contributed by atoms with Gasteiger partial charge in [0.1, 0.15) is 17.7 Å². The van der Waals surface area contributed by atoms with Gasteiger partial charge in [-0.15, -0.1) is 0 Å². The molecule has 2 heterocycles. The van der Waals surface area contributed by atoms with E-state index in [9.17, 15) is 8.78 Å². The number of ether oxygens (including phenoxy) is 1. The third-order valence-electron chi connectivity index (χ3n) is 4.09. The smallest absolute Gasteiger partial charge is 0.158 e. The summed E-state index contributed by atoms with van der Waals surface area (Å²) in [5.41, 5.74) is 1.00. The fraction of sp³-hybridized carbons (Fsp3) is 0.444. The van der Waals surface area contributed by atoms with Gasteiger partial charge in [0.25, 0.3) is 0 Å². The Bertz CT molecular complexity index is 706. The molecule has 1 aliphatic heterocycles.